The van der Waals surface area contributed by atoms with Crippen molar-refractivity contribution in [1.29, 1.82) is 0 Å². The van der Waals surface area contributed by atoms with E-state index in [1.807, 2.05) is 0 Å². The van der Waals surface area contributed by atoms with Gasteiger partial charge >= 0.3 is 0 Å². The summed E-state index contributed by atoms with van der Waals surface area (Å²) in [7, 11) is 1.72. The quantitative estimate of drug-likeness (QED) is 0.525. The highest BCUT2D eigenvalue weighted by Crippen LogP contribution is 2.49. The summed E-state index contributed by atoms with van der Waals surface area (Å²) < 4.78 is -3.54. The Kier molecular flexibility index (Phi) is 4.00. The second-order valence-electron chi connectivity index (χ2n) is 2.56. The number of hydrogen-bond acceptors (Lipinski definition) is 3. The van der Waals surface area contributed by atoms with Gasteiger partial charge in [-0.3, -0.25) is 9.91 Å². The third kappa shape index (κ3) is 2.30. The van der Waals surface area contributed by atoms with E-state index in [1.165, 1.54) is 11.2 Å². The number of hydrogen-bond donors (Lipinski definition) is 0. The average molecular weight is 364 g/mol. The highest BCUT2D eigenvalue weighted by molar-refractivity contribution is 9.09. The molecule has 0 aromatic heterocycles. The van der Waals surface area contributed by atoms with Crippen molar-refractivity contribution < 1.29 is 0 Å². The van der Waals surface area contributed by atoms with Crippen LogP contribution in [0.3, 0.4) is 0 Å². The maximum absolute atomic E-state index is 5.93. The van der Waals surface area contributed by atoms with Crippen LogP contribution in [0, 0.1) is 0 Å². The normalized spacial score (nSPS) is 23.5. The van der Waals surface area contributed by atoms with Crippen molar-refractivity contribution in [3.63, 3.8) is 0 Å². The summed E-state index contributed by atoms with van der Waals surface area (Å²) in [4.78, 5) is 1.38. The van der Waals surface area contributed by atoms with Crippen molar-refractivity contribution in [3.05, 3.63) is 0 Å². The Morgan fingerprint density at radius 1 is 1.29 bits per heavy atom. The van der Waals surface area contributed by atoms with Gasteiger partial charge in [-0.15, -0.1) is 0 Å². The molecule has 3 nitrogen and oxygen atoms in total. The molecule has 0 bridgehead atoms. The van der Waals surface area contributed by atoms with Crippen LogP contribution < -0.4 is 0 Å². The zero-order valence-corrected chi connectivity index (χ0v) is 12.1. The molecule has 0 saturated carbocycles. The average Bonchev–Trinajstić information content (AvgIpc) is 2.30. The maximum Gasteiger partial charge on any atom is 0.241 e. The lowest BCUT2D eigenvalue weighted by atomic mass is 10.6. The molecule has 1 aliphatic heterocycles. The lowest BCUT2D eigenvalue weighted by molar-refractivity contribution is 0.225. The van der Waals surface area contributed by atoms with Crippen molar-refractivity contribution in [2.24, 2.45) is 5.10 Å². The van der Waals surface area contributed by atoms with Gasteiger partial charge in [-0.05, 0) is 15.9 Å². The van der Waals surface area contributed by atoms with Gasteiger partial charge in [0.1, 0.15) is 6.34 Å². The summed E-state index contributed by atoms with van der Waals surface area (Å²) in [5, 5.41) is 5.13. The maximum atomic E-state index is 5.93. The van der Waals surface area contributed by atoms with Crippen LogP contribution in [0.15, 0.2) is 5.10 Å². The van der Waals surface area contributed by atoms with E-state index < -0.39 is 8.25 Å². The van der Waals surface area contributed by atoms with Crippen LogP contribution in [0.5, 0.6) is 0 Å². The second-order valence-corrected chi connectivity index (χ2v) is 6.95. The van der Waals surface area contributed by atoms with E-state index in [9.17, 15) is 0 Å². The molecule has 14 heavy (non-hydrogen) atoms. The Bertz CT molecular complexity index is 252. The monoisotopic (exact) mass is 361 g/mol. The molecule has 0 aliphatic carbocycles. The minimum atomic E-state index is -1.85. The Labute approximate surface area is 115 Å². The van der Waals surface area contributed by atoms with Gasteiger partial charge < -0.3 is 0 Å². The predicted molar refractivity (Wildman–Crippen MR) is 65.5 cm³/mol. The van der Waals surface area contributed by atoms with Gasteiger partial charge in [0, 0.05) is 7.05 Å². The van der Waals surface area contributed by atoms with Crippen LogP contribution in [0.4, 0.5) is 0 Å². The van der Waals surface area contributed by atoms with Gasteiger partial charge in [-0.2, -0.15) is 5.10 Å². The van der Waals surface area contributed by atoms with Crippen LogP contribution in [-0.2, 0) is 0 Å². The molecular weight excluding hydrogens is 359 g/mol. The molecule has 1 rings (SSSR count). The fraction of sp³-hybridized carbons (Fsp3) is 0.800. The Hall–Kier alpha value is 1.20. The molecule has 9 heteroatoms. The molecule has 0 amide bonds. The number of nitrogens with zero attached hydrogens (tertiary/aromatic N) is 3. The molecule has 0 spiro atoms. The van der Waals surface area contributed by atoms with Gasteiger partial charge in [0.15, 0.2) is 5.08 Å². The molecule has 0 fully saturated rings. The molecule has 1 atom stereocenters. The molecule has 1 aliphatic rings. The van der Waals surface area contributed by atoms with E-state index in [0.29, 0.717) is 0 Å². The zero-order valence-electron chi connectivity index (χ0n) is 6.76. The first-order chi connectivity index (χ1) is 6.18. The first-order valence-corrected chi connectivity index (χ1v) is 6.12. The van der Waals surface area contributed by atoms with Gasteiger partial charge in [-0.25, -0.2) is 0 Å². The Morgan fingerprint density at radius 2 is 1.79 bits per heavy atom. The number of alkyl halides is 6. The molecule has 0 radical (unpaired) electrons. The summed E-state index contributed by atoms with van der Waals surface area (Å²) in [5.74, 6) is 0. The highest BCUT2D eigenvalue weighted by atomic mass is 79.9. The van der Waals surface area contributed by atoms with Gasteiger partial charge in [-0.1, -0.05) is 58.0 Å². The molecule has 1 heterocycles. The van der Waals surface area contributed by atoms with Crippen LogP contribution in [-0.4, -0.2) is 36.6 Å². The standard InChI is InChI=1S/C5H5BrCl5N3/c1-13-3(6)14(2-12-13)5(10,11)4(7,8)9/h2-3H,1H3. The molecular formula is C5H5BrCl5N3. The lowest BCUT2D eigenvalue weighted by Crippen LogP contribution is -2.51. The van der Waals surface area contributed by atoms with Crippen LogP contribution in [0.25, 0.3) is 0 Å². The fourth-order valence-corrected chi connectivity index (χ4v) is 2.10. The van der Waals surface area contributed by atoms with Gasteiger partial charge in [0.2, 0.25) is 8.25 Å². The van der Waals surface area contributed by atoms with Gasteiger partial charge in [0.05, 0.1) is 0 Å². The predicted octanol–water partition coefficient (Wildman–Crippen LogP) is 3.36. The summed E-state index contributed by atoms with van der Waals surface area (Å²) in [6, 6.07) is 0. The van der Waals surface area contributed by atoms with Crippen molar-refractivity contribution in [2.75, 3.05) is 7.05 Å². The Balaban J connectivity index is 2.90. The third-order valence-corrected chi connectivity index (χ3v) is 4.95. The fourth-order valence-electron chi connectivity index (χ4n) is 0.780. The minimum Gasteiger partial charge on any atom is -0.294 e. The summed E-state index contributed by atoms with van der Waals surface area (Å²) in [5.41, 5.74) is 0. The molecule has 0 saturated heterocycles. The first-order valence-electron chi connectivity index (χ1n) is 3.32. The molecule has 0 aromatic rings. The van der Waals surface area contributed by atoms with E-state index >= 15 is 0 Å². The summed E-state index contributed by atoms with van der Waals surface area (Å²) >= 11 is 32.1. The molecule has 0 N–H and O–H groups in total. The highest BCUT2D eigenvalue weighted by Gasteiger charge is 2.53. The Morgan fingerprint density at radius 3 is 2.07 bits per heavy atom. The van der Waals surface area contributed by atoms with Crippen LogP contribution in [0.1, 0.15) is 0 Å². The van der Waals surface area contributed by atoms with E-state index in [2.05, 4.69) is 21.0 Å². The zero-order chi connectivity index (χ0) is 11.1. The number of hydrazone groups is 1. The van der Waals surface area contributed by atoms with Crippen molar-refractivity contribution in [3.8, 4) is 0 Å². The second kappa shape index (κ2) is 4.22. The van der Waals surface area contributed by atoms with Crippen LogP contribution >= 0.6 is 73.9 Å². The molecule has 1 unspecified atom stereocenters. The molecule has 82 valence electrons. The SMILES string of the molecule is CN1N=CN(C(Cl)(Cl)C(Cl)(Cl)Cl)C1Br. The van der Waals surface area contributed by atoms with E-state index in [0.717, 1.165) is 0 Å². The van der Waals surface area contributed by atoms with Gasteiger partial charge in [0.25, 0.3) is 0 Å². The summed E-state index contributed by atoms with van der Waals surface area (Å²) in [6.07, 6.45) is 1.39. The third-order valence-electron chi connectivity index (χ3n) is 1.56. The minimum absolute atomic E-state index is 0.354. The van der Waals surface area contributed by atoms with Crippen LogP contribution in [0.2, 0.25) is 0 Å². The topological polar surface area (TPSA) is 18.8 Å². The number of halogens is 6. The smallest absolute Gasteiger partial charge is 0.241 e. The summed E-state index contributed by atoms with van der Waals surface area (Å²) in [6.45, 7) is 0. The van der Waals surface area contributed by atoms with Crippen molar-refractivity contribution in [1.82, 2.24) is 9.91 Å². The van der Waals surface area contributed by atoms with E-state index in [1.54, 1.807) is 12.1 Å². The largest absolute Gasteiger partial charge is 0.294 e. The van der Waals surface area contributed by atoms with Crippen molar-refractivity contribution >= 4 is 80.3 Å². The molecule has 0 aromatic carbocycles. The number of rotatable bonds is 1. The van der Waals surface area contributed by atoms with Crippen molar-refractivity contribution in [2.45, 2.75) is 13.3 Å². The van der Waals surface area contributed by atoms with E-state index in [-0.39, 0.29) is 5.08 Å². The van der Waals surface area contributed by atoms with E-state index in [4.69, 9.17) is 58.0 Å². The first kappa shape index (κ1) is 13.3. The lowest BCUT2D eigenvalue weighted by Gasteiger charge is -2.37.